The molecule has 0 bridgehead atoms. The summed E-state index contributed by atoms with van der Waals surface area (Å²) in [5.74, 6) is -0.234. The SMILES string of the molecule is CN1C=CC(=C/C=C2\C=Nc3ccc(F)cc32)C=C1. The standard InChI is InChI=1S/C16H13FN2/c1-19-8-6-12(7-9-19)2-3-13-11-18-16-5-4-14(17)10-15(13)16/h2-11H,1H3/b13-3+. The Balaban J connectivity index is 1.90. The van der Waals surface area contributed by atoms with Gasteiger partial charge in [0.1, 0.15) is 5.82 Å². The molecule has 0 radical (unpaired) electrons. The van der Waals surface area contributed by atoms with Gasteiger partial charge in [-0.15, -0.1) is 0 Å². The summed E-state index contributed by atoms with van der Waals surface area (Å²) in [6.45, 7) is 0. The fourth-order valence-electron chi connectivity index (χ4n) is 2.00. The normalized spacial score (nSPS) is 18.3. The van der Waals surface area contributed by atoms with E-state index in [-0.39, 0.29) is 5.82 Å². The van der Waals surface area contributed by atoms with Crippen molar-refractivity contribution in [1.82, 2.24) is 4.90 Å². The lowest BCUT2D eigenvalue weighted by molar-refractivity contribution is 0.620. The van der Waals surface area contributed by atoms with Crippen LogP contribution >= 0.6 is 0 Å². The van der Waals surface area contributed by atoms with E-state index >= 15 is 0 Å². The average molecular weight is 252 g/mol. The first-order valence-corrected chi connectivity index (χ1v) is 6.07. The van der Waals surface area contributed by atoms with E-state index in [1.807, 2.05) is 48.7 Å². The van der Waals surface area contributed by atoms with E-state index < -0.39 is 0 Å². The van der Waals surface area contributed by atoms with Crippen LogP contribution in [0.2, 0.25) is 0 Å². The molecule has 1 aromatic rings. The third-order valence-electron chi connectivity index (χ3n) is 3.07. The van der Waals surface area contributed by atoms with Gasteiger partial charge < -0.3 is 4.90 Å². The zero-order chi connectivity index (χ0) is 13.2. The van der Waals surface area contributed by atoms with Gasteiger partial charge in [0.25, 0.3) is 0 Å². The average Bonchev–Trinajstić information content (AvgIpc) is 2.80. The first kappa shape index (κ1) is 11.7. The summed E-state index contributed by atoms with van der Waals surface area (Å²) in [5, 5.41) is 0. The Hall–Kier alpha value is -2.42. The highest BCUT2D eigenvalue weighted by Gasteiger charge is 2.11. The molecule has 0 N–H and O–H groups in total. The molecule has 0 aromatic heterocycles. The monoisotopic (exact) mass is 252 g/mol. The lowest BCUT2D eigenvalue weighted by atomic mass is 10.1. The van der Waals surface area contributed by atoms with Crippen LogP contribution in [-0.2, 0) is 0 Å². The van der Waals surface area contributed by atoms with Gasteiger partial charge in [-0.25, -0.2) is 4.39 Å². The summed E-state index contributed by atoms with van der Waals surface area (Å²) in [6.07, 6.45) is 13.8. The Morgan fingerprint density at radius 2 is 1.95 bits per heavy atom. The first-order valence-electron chi connectivity index (χ1n) is 6.07. The third-order valence-corrected chi connectivity index (χ3v) is 3.07. The molecule has 0 spiro atoms. The van der Waals surface area contributed by atoms with Crippen LogP contribution in [0.5, 0.6) is 0 Å². The number of benzene rings is 1. The highest BCUT2D eigenvalue weighted by molar-refractivity contribution is 6.16. The summed E-state index contributed by atoms with van der Waals surface area (Å²) in [5.41, 5.74) is 3.70. The van der Waals surface area contributed by atoms with E-state index in [0.717, 1.165) is 22.4 Å². The van der Waals surface area contributed by atoms with Crippen LogP contribution in [0.3, 0.4) is 0 Å². The molecule has 0 fully saturated rings. The fraction of sp³-hybridized carbons (Fsp3) is 0.0625. The van der Waals surface area contributed by atoms with Crippen molar-refractivity contribution >= 4 is 17.5 Å². The molecular weight excluding hydrogens is 239 g/mol. The molecular formula is C16H13FN2. The summed E-state index contributed by atoms with van der Waals surface area (Å²) in [6, 6.07) is 4.65. The zero-order valence-corrected chi connectivity index (χ0v) is 10.5. The maximum absolute atomic E-state index is 13.2. The quantitative estimate of drug-likeness (QED) is 0.741. The second kappa shape index (κ2) is 4.69. The highest BCUT2D eigenvalue weighted by Crippen LogP contribution is 2.31. The van der Waals surface area contributed by atoms with E-state index in [0.29, 0.717) is 0 Å². The number of nitrogens with zero attached hydrogens (tertiary/aromatic N) is 2. The van der Waals surface area contributed by atoms with Crippen LogP contribution in [0, 0.1) is 5.82 Å². The minimum absolute atomic E-state index is 0.234. The minimum Gasteiger partial charge on any atom is -0.357 e. The van der Waals surface area contributed by atoms with E-state index in [1.54, 1.807) is 12.3 Å². The minimum atomic E-state index is -0.234. The van der Waals surface area contributed by atoms with Crippen molar-refractivity contribution < 1.29 is 4.39 Å². The van der Waals surface area contributed by atoms with Crippen molar-refractivity contribution in [1.29, 1.82) is 0 Å². The Morgan fingerprint density at radius 1 is 1.16 bits per heavy atom. The maximum atomic E-state index is 13.2. The van der Waals surface area contributed by atoms with Crippen LogP contribution in [0.1, 0.15) is 5.56 Å². The molecule has 0 amide bonds. The van der Waals surface area contributed by atoms with Gasteiger partial charge in [0.15, 0.2) is 0 Å². The van der Waals surface area contributed by atoms with E-state index in [4.69, 9.17) is 0 Å². The van der Waals surface area contributed by atoms with Gasteiger partial charge in [-0.05, 0) is 35.9 Å². The number of hydrogen-bond donors (Lipinski definition) is 0. The fourth-order valence-corrected chi connectivity index (χ4v) is 2.00. The van der Waals surface area contributed by atoms with Crippen molar-refractivity contribution in [3.63, 3.8) is 0 Å². The van der Waals surface area contributed by atoms with Crippen LogP contribution in [0.15, 0.2) is 65.5 Å². The molecule has 2 aliphatic heterocycles. The van der Waals surface area contributed by atoms with Gasteiger partial charge in [-0.2, -0.15) is 0 Å². The molecule has 0 saturated heterocycles. The Labute approximate surface area is 111 Å². The predicted molar refractivity (Wildman–Crippen MR) is 76.7 cm³/mol. The predicted octanol–water partition coefficient (Wildman–Crippen LogP) is 3.82. The number of aliphatic imine (C=N–C) groups is 1. The molecule has 3 rings (SSSR count). The third kappa shape index (κ3) is 2.40. The molecule has 0 aliphatic carbocycles. The van der Waals surface area contributed by atoms with E-state index in [2.05, 4.69) is 4.99 Å². The van der Waals surface area contributed by atoms with Crippen molar-refractivity contribution in [3.05, 3.63) is 71.9 Å². The molecule has 0 atom stereocenters. The summed E-state index contributed by atoms with van der Waals surface area (Å²) in [4.78, 5) is 6.24. The van der Waals surface area contributed by atoms with Gasteiger partial charge in [-0.3, -0.25) is 4.99 Å². The smallest absolute Gasteiger partial charge is 0.123 e. The lowest BCUT2D eigenvalue weighted by Crippen LogP contribution is -2.02. The van der Waals surface area contributed by atoms with Gasteiger partial charge in [0, 0.05) is 36.8 Å². The van der Waals surface area contributed by atoms with Gasteiger partial charge in [-0.1, -0.05) is 12.2 Å². The number of hydrogen-bond acceptors (Lipinski definition) is 2. The summed E-state index contributed by atoms with van der Waals surface area (Å²) >= 11 is 0. The maximum Gasteiger partial charge on any atom is 0.123 e. The number of fused-ring (bicyclic) bond motifs is 1. The Kier molecular flexibility index (Phi) is 2.88. The zero-order valence-electron chi connectivity index (χ0n) is 10.5. The largest absolute Gasteiger partial charge is 0.357 e. The van der Waals surface area contributed by atoms with Crippen LogP contribution in [-0.4, -0.2) is 18.2 Å². The van der Waals surface area contributed by atoms with Crippen LogP contribution in [0.25, 0.3) is 5.57 Å². The molecule has 0 unspecified atom stereocenters. The van der Waals surface area contributed by atoms with Crippen molar-refractivity contribution in [2.45, 2.75) is 0 Å². The first-order chi connectivity index (χ1) is 9.22. The highest BCUT2D eigenvalue weighted by atomic mass is 19.1. The molecule has 2 nitrogen and oxygen atoms in total. The topological polar surface area (TPSA) is 15.6 Å². The van der Waals surface area contributed by atoms with Crippen LogP contribution < -0.4 is 0 Å². The Bertz CT molecular complexity index is 647. The number of rotatable bonds is 1. The molecule has 1 aromatic carbocycles. The van der Waals surface area contributed by atoms with Crippen molar-refractivity contribution in [2.24, 2.45) is 4.99 Å². The van der Waals surface area contributed by atoms with Crippen molar-refractivity contribution in [3.8, 4) is 0 Å². The van der Waals surface area contributed by atoms with E-state index in [9.17, 15) is 4.39 Å². The van der Waals surface area contributed by atoms with Gasteiger partial charge >= 0.3 is 0 Å². The molecule has 0 saturated carbocycles. The summed E-state index contributed by atoms with van der Waals surface area (Å²) in [7, 11) is 1.98. The van der Waals surface area contributed by atoms with Gasteiger partial charge in [0.05, 0.1) is 5.69 Å². The molecule has 2 heterocycles. The van der Waals surface area contributed by atoms with Gasteiger partial charge in [0.2, 0.25) is 0 Å². The van der Waals surface area contributed by atoms with Crippen molar-refractivity contribution in [2.75, 3.05) is 7.05 Å². The molecule has 2 aliphatic rings. The van der Waals surface area contributed by atoms with E-state index in [1.165, 1.54) is 12.1 Å². The number of allylic oxidation sites excluding steroid dienone is 6. The van der Waals surface area contributed by atoms with Crippen LogP contribution in [0.4, 0.5) is 10.1 Å². The second-order valence-electron chi connectivity index (χ2n) is 4.51. The second-order valence-corrected chi connectivity index (χ2v) is 4.51. The Morgan fingerprint density at radius 3 is 2.74 bits per heavy atom. The summed E-state index contributed by atoms with van der Waals surface area (Å²) < 4.78 is 13.2. The molecule has 94 valence electrons. The molecule has 19 heavy (non-hydrogen) atoms. The molecule has 3 heteroatoms. The number of halogens is 1. The lowest BCUT2D eigenvalue weighted by Gasteiger charge is -2.11.